The first-order valence-corrected chi connectivity index (χ1v) is 10.5. The summed E-state index contributed by atoms with van der Waals surface area (Å²) in [4.78, 5) is 25.7. The second kappa shape index (κ2) is 9.35. The lowest BCUT2D eigenvalue weighted by Crippen LogP contribution is -2.46. The Balaban J connectivity index is 1.35. The van der Waals surface area contributed by atoms with Crippen molar-refractivity contribution in [3.63, 3.8) is 0 Å². The van der Waals surface area contributed by atoms with E-state index in [9.17, 15) is 14.7 Å². The lowest BCUT2D eigenvalue weighted by Gasteiger charge is -2.26. The zero-order valence-corrected chi connectivity index (χ0v) is 18.1. The SMILES string of the molecule is Cc1c(-c2cc3cc(OCCCNC(=O)N4CCOCC4)ccc3o2)oc(=O)c(C)c1O. The van der Waals surface area contributed by atoms with Gasteiger partial charge in [-0.3, -0.25) is 0 Å². The number of benzene rings is 1. The highest BCUT2D eigenvalue weighted by Gasteiger charge is 2.18. The van der Waals surface area contributed by atoms with Gasteiger partial charge >= 0.3 is 11.7 Å². The molecule has 1 saturated heterocycles. The number of ether oxygens (including phenoxy) is 2. The molecule has 4 rings (SSSR count). The van der Waals surface area contributed by atoms with Gasteiger partial charge in [0.1, 0.15) is 17.1 Å². The summed E-state index contributed by atoms with van der Waals surface area (Å²) >= 11 is 0. The second-order valence-corrected chi connectivity index (χ2v) is 7.66. The molecular formula is C23H26N2O7. The summed E-state index contributed by atoms with van der Waals surface area (Å²) in [5, 5.41) is 13.8. The third kappa shape index (κ3) is 4.57. The Kier molecular flexibility index (Phi) is 6.36. The predicted molar refractivity (Wildman–Crippen MR) is 117 cm³/mol. The van der Waals surface area contributed by atoms with Gasteiger partial charge in [0.05, 0.1) is 25.4 Å². The van der Waals surface area contributed by atoms with E-state index in [1.165, 1.54) is 6.92 Å². The first-order chi connectivity index (χ1) is 15.4. The van der Waals surface area contributed by atoms with Crippen LogP contribution in [0.3, 0.4) is 0 Å². The van der Waals surface area contributed by atoms with E-state index in [0.29, 0.717) is 68.5 Å². The average molecular weight is 442 g/mol. The summed E-state index contributed by atoms with van der Waals surface area (Å²) in [6.07, 6.45) is 0.664. The first-order valence-electron chi connectivity index (χ1n) is 10.5. The molecule has 1 aliphatic rings. The van der Waals surface area contributed by atoms with Gasteiger partial charge in [-0.25, -0.2) is 9.59 Å². The summed E-state index contributed by atoms with van der Waals surface area (Å²) in [5.74, 6) is 1.12. The number of carbonyl (C=O) groups excluding carboxylic acids is 1. The van der Waals surface area contributed by atoms with E-state index in [1.807, 2.05) is 6.07 Å². The average Bonchev–Trinajstić information content (AvgIpc) is 3.23. The molecule has 0 atom stereocenters. The molecule has 2 aromatic heterocycles. The Morgan fingerprint density at radius 1 is 1.16 bits per heavy atom. The van der Waals surface area contributed by atoms with E-state index in [4.69, 9.17) is 18.3 Å². The van der Waals surface area contributed by atoms with Crippen molar-refractivity contribution in [2.75, 3.05) is 39.5 Å². The third-order valence-corrected chi connectivity index (χ3v) is 5.43. The van der Waals surface area contributed by atoms with Crippen LogP contribution in [0.25, 0.3) is 22.5 Å². The molecule has 1 aliphatic heterocycles. The highest BCUT2D eigenvalue weighted by atomic mass is 16.5. The van der Waals surface area contributed by atoms with Crippen molar-refractivity contribution in [1.29, 1.82) is 0 Å². The molecule has 1 fully saturated rings. The van der Waals surface area contributed by atoms with Crippen LogP contribution in [0.1, 0.15) is 17.5 Å². The molecule has 0 bridgehead atoms. The fourth-order valence-corrected chi connectivity index (χ4v) is 3.53. The Bertz CT molecular complexity index is 1180. The molecule has 2 N–H and O–H groups in total. The van der Waals surface area contributed by atoms with Gasteiger partial charge in [-0.05, 0) is 44.5 Å². The predicted octanol–water partition coefficient (Wildman–Crippen LogP) is 3.19. The zero-order chi connectivity index (χ0) is 22.7. The number of urea groups is 1. The minimum absolute atomic E-state index is 0.0790. The largest absolute Gasteiger partial charge is 0.507 e. The summed E-state index contributed by atoms with van der Waals surface area (Å²) in [5.41, 5.74) is 0.608. The molecule has 0 spiro atoms. The number of hydrogen-bond donors (Lipinski definition) is 2. The van der Waals surface area contributed by atoms with E-state index in [0.717, 1.165) is 5.39 Å². The minimum atomic E-state index is -0.603. The second-order valence-electron chi connectivity index (χ2n) is 7.66. The lowest BCUT2D eigenvalue weighted by molar-refractivity contribution is 0.0532. The number of aromatic hydroxyl groups is 1. The van der Waals surface area contributed by atoms with E-state index in [2.05, 4.69) is 5.32 Å². The molecule has 0 unspecified atom stereocenters. The molecule has 0 radical (unpaired) electrons. The van der Waals surface area contributed by atoms with Crippen LogP contribution in [0, 0.1) is 13.8 Å². The molecule has 9 nitrogen and oxygen atoms in total. The van der Waals surface area contributed by atoms with Crippen molar-refractivity contribution >= 4 is 17.0 Å². The van der Waals surface area contributed by atoms with Gasteiger partial charge < -0.3 is 33.6 Å². The Hall–Kier alpha value is -3.46. The highest BCUT2D eigenvalue weighted by molar-refractivity contribution is 5.84. The number of nitrogens with zero attached hydrogens (tertiary/aromatic N) is 1. The van der Waals surface area contributed by atoms with Crippen molar-refractivity contribution in [3.8, 4) is 23.0 Å². The topological polar surface area (TPSA) is 114 Å². The van der Waals surface area contributed by atoms with E-state index >= 15 is 0 Å². The molecule has 0 saturated carbocycles. The van der Waals surface area contributed by atoms with Crippen LogP contribution in [0.2, 0.25) is 0 Å². The summed E-state index contributed by atoms with van der Waals surface area (Å²) in [6.45, 7) is 6.51. The Labute approximate surface area is 184 Å². The van der Waals surface area contributed by atoms with Crippen molar-refractivity contribution in [2.24, 2.45) is 0 Å². The van der Waals surface area contributed by atoms with Crippen LogP contribution >= 0.6 is 0 Å². The number of rotatable bonds is 6. The van der Waals surface area contributed by atoms with Crippen molar-refractivity contribution in [2.45, 2.75) is 20.3 Å². The van der Waals surface area contributed by atoms with Gasteiger partial charge in [-0.1, -0.05) is 0 Å². The standard InChI is InChI=1S/C23H26N2O7/c1-14-20(26)15(2)22(27)32-21(14)19-13-16-12-17(4-5-18(16)31-19)30-9-3-6-24-23(28)25-7-10-29-11-8-25/h4-5,12-13,26H,3,6-11H2,1-2H3,(H,24,28). The van der Waals surface area contributed by atoms with Crippen LogP contribution in [0.5, 0.6) is 11.5 Å². The van der Waals surface area contributed by atoms with Gasteiger partial charge in [-0.15, -0.1) is 0 Å². The molecular weight excluding hydrogens is 416 g/mol. The fourth-order valence-electron chi connectivity index (χ4n) is 3.53. The van der Waals surface area contributed by atoms with Gasteiger partial charge in [0.15, 0.2) is 11.5 Å². The minimum Gasteiger partial charge on any atom is -0.507 e. The Morgan fingerprint density at radius 3 is 2.72 bits per heavy atom. The van der Waals surface area contributed by atoms with Gasteiger partial charge in [0, 0.05) is 30.6 Å². The van der Waals surface area contributed by atoms with Crippen LogP contribution in [0.4, 0.5) is 4.79 Å². The molecule has 3 heterocycles. The number of furan rings is 1. The highest BCUT2D eigenvalue weighted by Crippen LogP contribution is 2.34. The van der Waals surface area contributed by atoms with Crippen LogP contribution in [-0.4, -0.2) is 55.5 Å². The molecule has 9 heteroatoms. The smallest absolute Gasteiger partial charge is 0.343 e. The van der Waals surface area contributed by atoms with E-state index in [-0.39, 0.29) is 23.1 Å². The van der Waals surface area contributed by atoms with Gasteiger partial charge in [0.2, 0.25) is 0 Å². The maximum Gasteiger partial charge on any atom is 0.343 e. The summed E-state index contributed by atoms with van der Waals surface area (Å²) in [7, 11) is 0. The van der Waals surface area contributed by atoms with Gasteiger partial charge in [0.25, 0.3) is 0 Å². The molecule has 0 aliphatic carbocycles. The monoisotopic (exact) mass is 442 g/mol. The fraction of sp³-hybridized carbons (Fsp3) is 0.391. The third-order valence-electron chi connectivity index (χ3n) is 5.43. The number of carbonyl (C=O) groups is 1. The normalized spacial score (nSPS) is 14.0. The number of fused-ring (bicyclic) bond motifs is 1. The number of nitrogens with one attached hydrogen (secondary N) is 1. The zero-order valence-electron chi connectivity index (χ0n) is 18.1. The molecule has 170 valence electrons. The van der Waals surface area contributed by atoms with Crippen molar-refractivity contribution < 1.29 is 28.2 Å². The molecule has 1 aromatic carbocycles. The summed E-state index contributed by atoms with van der Waals surface area (Å²) < 4.78 is 22.2. The van der Waals surface area contributed by atoms with Gasteiger partial charge in [-0.2, -0.15) is 0 Å². The molecule has 2 amide bonds. The maximum absolute atomic E-state index is 12.0. The number of morpholine rings is 1. The van der Waals surface area contributed by atoms with Crippen molar-refractivity contribution in [1.82, 2.24) is 10.2 Å². The van der Waals surface area contributed by atoms with E-state index < -0.39 is 5.63 Å². The van der Waals surface area contributed by atoms with E-state index in [1.54, 1.807) is 30.0 Å². The first kappa shape index (κ1) is 21.8. The van der Waals surface area contributed by atoms with Crippen LogP contribution < -0.4 is 15.7 Å². The molecule has 32 heavy (non-hydrogen) atoms. The quantitative estimate of drug-likeness (QED) is 0.564. The maximum atomic E-state index is 12.0. The lowest BCUT2D eigenvalue weighted by atomic mass is 10.1. The summed E-state index contributed by atoms with van der Waals surface area (Å²) in [6, 6.07) is 7.05. The number of amides is 2. The molecule has 3 aromatic rings. The van der Waals surface area contributed by atoms with Crippen LogP contribution in [0.15, 0.2) is 37.9 Å². The Morgan fingerprint density at radius 2 is 1.94 bits per heavy atom. The van der Waals surface area contributed by atoms with Crippen molar-refractivity contribution in [3.05, 3.63) is 45.8 Å². The number of hydrogen-bond acceptors (Lipinski definition) is 7. The van der Waals surface area contributed by atoms with Crippen LogP contribution in [-0.2, 0) is 4.74 Å².